The monoisotopic (exact) mass is 457 g/mol. The van der Waals surface area contributed by atoms with E-state index in [0.717, 1.165) is 46.5 Å². The number of methoxy groups -OCH3 is 3. The summed E-state index contributed by atoms with van der Waals surface area (Å²) in [6, 6.07) is 7.92. The Morgan fingerprint density at radius 3 is 2.50 bits per heavy atom. The maximum atomic E-state index is 13.0. The van der Waals surface area contributed by atoms with E-state index in [2.05, 4.69) is 25.2 Å². The number of nitrogens with one attached hydrogen (secondary N) is 1. The van der Waals surface area contributed by atoms with Gasteiger partial charge in [-0.1, -0.05) is 26.3 Å². The van der Waals surface area contributed by atoms with Gasteiger partial charge >= 0.3 is 0 Å². The Hall–Kier alpha value is -2.18. The molecule has 5 nitrogen and oxygen atoms in total. The van der Waals surface area contributed by atoms with Gasteiger partial charge in [-0.2, -0.15) is 0 Å². The number of hydrogen-bond donors (Lipinski definition) is 1. The van der Waals surface area contributed by atoms with E-state index in [1.54, 1.807) is 21.3 Å². The van der Waals surface area contributed by atoms with Gasteiger partial charge in [0, 0.05) is 11.6 Å². The van der Waals surface area contributed by atoms with Crippen molar-refractivity contribution in [1.82, 2.24) is 5.32 Å². The fourth-order valence-electron chi connectivity index (χ4n) is 4.62. The quantitative estimate of drug-likeness (QED) is 0.504. The van der Waals surface area contributed by atoms with Gasteiger partial charge in [0.25, 0.3) is 0 Å². The molecule has 0 heterocycles. The van der Waals surface area contributed by atoms with Crippen LogP contribution in [0.25, 0.3) is 11.1 Å². The van der Waals surface area contributed by atoms with Gasteiger partial charge in [-0.15, -0.1) is 11.8 Å². The molecule has 1 aliphatic carbocycles. The van der Waals surface area contributed by atoms with E-state index in [1.165, 1.54) is 24.6 Å². The normalized spacial score (nSPS) is 15.9. The topological polar surface area (TPSA) is 56.8 Å². The molecule has 2 aromatic carbocycles. The SMILES string of the molecule is CCCC(C)CN[C@H]1CCc2cc(OC)c(OC)c(OC)c2-c2ccc(SC)c(=O)cc21. The van der Waals surface area contributed by atoms with Crippen molar-refractivity contribution >= 4 is 11.8 Å². The van der Waals surface area contributed by atoms with Crippen LogP contribution in [0.2, 0.25) is 0 Å². The molecule has 0 bridgehead atoms. The van der Waals surface area contributed by atoms with Crippen LogP contribution in [0.15, 0.2) is 34.0 Å². The molecule has 1 N–H and O–H groups in total. The lowest BCUT2D eigenvalue weighted by Crippen LogP contribution is -2.27. The fraction of sp³-hybridized carbons (Fsp3) is 0.500. The second-order valence-corrected chi connectivity index (χ2v) is 9.20. The third-order valence-electron chi connectivity index (χ3n) is 6.21. The van der Waals surface area contributed by atoms with Gasteiger partial charge in [-0.3, -0.25) is 4.79 Å². The zero-order valence-electron chi connectivity index (χ0n) is 20.0. The Labute approximate surface area is 195 Å². The van der Waals surface area contributed by atoms with Gasteiger partial charge < -0.3 is 19.5 Å². The summed E-state index contributed by atoms with van der Waals surface area (Å²) < 4.78 is 17.1. The van der Waals surface area contributed by atoms with Crippen molar-refractivity contribution < 1.29 is 14.2 Å². The van der Waals surface area contributed by atoms with Crippen LogP contribution < -0.4 is 25.0 Å². The molecule has 0 fully saturated rings. The number of hydrogen-bond acceptors (Lipinski definition) is 6. The van der Waals surface area contributed by atoms with Gasteiger partial charge in [0.2, 0.25) is 5.75 Å². The second kappa shape index (κ2) is 11.1. The van der Waals surface area contributed by atoms with E-state index in [-0.39, 0.29) is 11.5 Å². The molecule has 0 aliphatic heterocycles. The summed E-state index contributed by atoms with van der Waals surface area (Å²) in [7, 11) is 4.91. The lowest BCUT2D eigenvalue weighted by atomic mass is 9.95. The molecule has 0 saturated heterocycles. The maximum absolute atomic E-state index is 13.0. The second-order valence-electron chi connectivity index (χ2n) is 8.35. The van der Waals surface area contributed by atoms with Crippen LogP contribution in [0.4, 0.5) is 0 Å². The largest absolute Gasteiger partial charge is 0.493 e. The Morgan fingerprint density at radius 1 is 1.12 bits per heavy atom. The number of rotatable bonds is 9. The molecule has 1 aliphatic rings. The third-order valence-corrected chi connectivity index (χ3v) is 6.99. The lowest BCUT2D eigenvalue weighted by molar-refractivity contribution is 0.324. The van der Waals surface area contributed by atoms with Crippen LogP contribution in [0, 0.1) is 5.92 Å². The first-order valence-corrected chi connectivity index (χ1v) is 12.5. The minimum Gasteiger partial charge on any atom is -0.493 e. The number of thioether (sulfide) groups is 1. The molecule has 2 atom stereocenters. The number of fused-ring (bicyclic) bond motifs is 3. The van der Waals surface area contributed by atoms with Gasteiger partial charge in [-0.05, 0) is 72.9 Å². The number of benzene rings is 1. The van der Waals surface area contributed by atoms with E-state index in [0.29, 0.717) is 23.2 Å². The predicted octanol–water partition coefficient (Wildman–Crippen LogP) is 5.47. The van der Waals surface area contributed by atoms with Gasteiger partial charge in [0.1, 0.15) is 0 Å². The van der Waals surface area contributed by atoms with Gasteiger partial charge in [0.05, 0.1) is 26.2 Å². The highest BCUT2D eigenvalue weighted by Crippen LogP contribution is 2.50. The summed E-state index contributed by atoms with van der Waals surface area (Å²) in [6.07, 6.45) is 6.01. The molecule has 6 heteroatoms. The maximum Gasteiger partial charge on any atom is 0.203 e. The van der Waals surface area contributed by atoms with Crippen LogP contribution in [0.5, 0.6) is 17.2 Å². The Bertz CT molecular complexity index is 1010. The van der Waals surface area contributed by atoms with Crippen molar-refractivity contribution in [2.24, 2.45) is 5.92 Å². The molecule has 0 saturated carbocycles. The molecular formula is C26H35NO4S. The molecule has 1 unspecified atom stereocenters. The van der Waals surface area contributed by atoms with Crippen LogP contribution in [-0.2, 0) is 6.42 Å². The van der Waals surface area contributed by atoms with Crippen molar-refractivity contribution in [3.05, 3.63) is 45.6 Å². The third kappa shape index (κ3) is 4.91. The van der Waals surface area contributed by atoms with Crippen LogP contribution >= 0.6 is 11.8 Å². The summed E-state index contributed by atoms with van der Waals surface area (Å²) in [5.74, 6) is 2.45. The van der Waals surface area contributed by atoms with Gasteiger partial charge in [0.15, 0.2) is 16.9 Å². The van der Waals surface area contributed by atoms with Gasteiger partial charge in [-0.25, -0.2) is 0 Å². The number of ether oxygens (including phenoxy) is 3. The highest BCUT2D eigenvalue weighted by molar-refractivity contribution is 7.98. The van der Waals surface area contributed by atoms with Crippen molar-refractivity contribution in [1.29, 1.82) is 0 Å². The Balaban J connectivity index is 2.24. The Kier molecular flexibility index (Phi) is 8.49. The molecule has 32 heavy (non-hydrogen) atoms. The smallest absolute Gasteiger partial charge is 0.203 e. The summed E-state index contributed by atoms with van der Waals surface area (Å²) in [6.45, 7) is 5.41. The summed E-state index contributed by atoms with van der Waals surface area (Å²) >= 11 is 1.47. The van der Waals surface area contributed by atoms with Crippen molar-refractivity contribution in [3.8, 4) is 28.4 Å². The zero-order chi connectivity index (χ0) is 23.3. The highest BCUT2D eigenvalue weighted by atomic mass is 32.2. The van der Waals surface area contributed by atoms with Crippen LogP contribution in [0.1, 0.15) is 50.3 Å². The Morgan fingerprint density at radius 2 is 1.88 bits per heavy atom. The molecule has 0 radical (unpaired) electrons. The van der Waals surface area contributed by atoms with E-state index in [9.17, 15) is 4.79 Å². The lowest BCUT2D eigenvalue weighted by Gasteiger charge is -2.21. The fourth-order valence-corrected chi connectivity index (χ4v) is 5.08. The van der Waals surface area contributed by atoms with Crippen molar-refractivity contribution in [3.63, 3.8) is 0 Å². The average Bonchev–Trinajstić information content (AvgIpc) is 3.04. The van der Waals surface area contributed by atoms with E-state index in [4.69, 9.17) is 14.2 Å². The average molecular weight is 458 g/mol. The van der Waals surface area contributed by atoms with E-state index >= 15 is 0 Å². The van der Waals surface area contributed by atoms with E-state index < -0.39 is 0 Å². The van der Waals surface area contributed by atoms with Crippen LogP contribution in [-0.4, -0.2) is 34.1 Å². The molecular weight excluding hydrogens is 422 g/mol. The summed E-state index contributed by atoms with van der Waals surface area (Å²) in [4.78, 5) is 13.7. The van der Waals surface area contributed by atoms with Crippen molar-refractivity contribution in [2.75, 3.05) is 34.1 Å². The first kappa shape index (κ1) is 24.5. The molecule has 0 amide bonds. The molecule has 0 aromatic heterocycles. The molecule has 3 rings (SSSR count). The van der Waals surface area contributed by atoms with Crippen LogP contribution in [0.3, 0.4) is 0 Å². The minimum atomic E-state index is 0.0510. The molecule has 2 aromatic rings. The van der Waals surface area contributed by atoms with E-state index in [1.807, 2.05) is 24.5 Å². The first-order valence-electron chi connectivity index (χ1n) is 11.3. The zero-order valence-corrected chi connectivity index (χ0v) is 20.9. The number of aryl methyl sites for hydroxylation is 1. The molecule has 174 valence electrons. The standard InChI is InChI=1S/C26H35NO4S/c1-7-8-16(2)15-27-20-11-9-17-13-22(29-3)25(30-4)26(31-5)24(17)18-10-12-23(32-6)21(28)14-19(18)20/h10,12-14,16,20,27H,7-9,11,15H2,1-6H3/t16?,20-/m0/s1. The summed E-state index contributed by atoms with van der Waals surface area (Å²) in [5, 5.41) is 3.76. The highest BCUT2D eigenvalue weighted by Gasteiger charge is 2.29. The molecule has 0 spiro atoms. The van der Waals surface area contributed by atoms with Crippen molar-refractivity contribution in [2.45, 2.75) is 50.5 Å². The summed E-state index contributed by atoms with van der Waals surface area (Å²) in [5.41, 5.74) is 4.19. The first-order chi connectivity index (χ1) is 15.5. The minimum absolute atomic E-state index is 0.0510. The predicted molar refractivity (Wildman–Crippen MR) is 133 cm³/mol.